The van der Waals surface area contributed by atoms with Crippen molar-refractivity contribution >= 4 is 40.3 Å². The molecule has 2 rings (SSSR count). The molecule has 0 radical (unpaired) electrons. The molecule has 0 unspecified atom stereocenters. The van der Waals surface area contributed by atoms with E-state index in [9.17, 15) is 4.39 Å². The SMILES string of the molecule is Cc1cc(C)cc(NC(=S)Nc2ccc(F)c(Cl)c2)c1. The van der Waals surface area contributed by atoms with Crippen LogP contribution in [0.4, 0.5) is 15.8 Å². The smallest absolute Gasteiger partial charge is 0.175 e. The molecule has 2 aromatic rings. The summed E-state index contributed by atoms with van der Waals surface area (Å²) < 4.78 is 13.1. The van der Waals surface area contributed by atoms with Crippen LogP contribution in [0, 0.1) is 19.7 Å². The first-order valence-corrected chi connectivity index (χ1v) is 6.84. The molecule has 0 bridgehead atoms. The molecule has 0 atom stereocenters. The van der Waals surface area contributed by atoms with Crippen LogP contribution in [0.3, 0.4) is 0 Å². The van der Waals surface area contributed by atoms with Crippen molar-refractivity contribution in [2.45, 2.75) is 13.8 Å². The van der Waals surface area contributed by atoms with Crippen LogP contribution in [0.2, 0.25) is 5.02 Å². The molecule has 20 heavy (non-hydrogen) atoms. The number of thiocarbonyl (C=S) groups is 1. The number of benzene rings is 2. The van der Waals surface area contributed by atoms with Gasteiger partial charge in [-0.2, -0.15) is 0 Å². The number of rotatable bonds is 2. The van der Waals surface area contributed by atoms with Crippen molar-refractivity contribution in [3.8, 4) is 0 Å². The topological polar surface area (TPSA) is 24.1 Å². The Hall–Kier alpha value is -1.65. The predicted octanol–water partition coefficient (Wildman–Crippen LogP) is 4.90. The second kappa shape index (κ2) is 6.20. The molecule has 0 aliphatic carbocycles. The van der Waals surface area contributed by atoms with Gasteiger partial charge < -0.3 is 10.6 Å². The molecule has 0 amide bonds. The van der Waals surface area contributed by atoms with Gasteiger partial charge in [-0.05, 0) is 67.5 Å². The van der Waals surface area contributed by atoms with E-state index in [1.54, 1.807) is 6.07 Å². The molecule has 0 aliphatic heterocycles. The fourth-order valence-corrected chi connectivity index (χ4v) is 2.33. The Balaban J connectivity index is 2.06. The highest BCUT2D eigenvalue weighted by Crippen LogP contribution is 2.20. The summed E-state index contributed by atoms with van der Waals surface area (Å²) in [5.41, 5.74) is 3.85. The van der Waals surface area contributed by atoms with Gasteiger partial charge in [0.05, 0.1) is 5.02 Å². The minimum Gasteiger partial charge on any atom is -0.332 e. The van der Waals surface area contributed by atoms with E-state index >= 15 is 0 Å². The lowest BCUT2D eigenvalue weighted by Crippen LogP contribution is -2.19. The minimum atomic E-state index is -0.453. The molecule has 2 aromatic carbocycles. The third-order valence-corrected chi connectivity index (χ3v) is 3.15. The summed E-state index contributed by atoms with van der Waals surface area (Å²) in [6, 6.07) is 10.5. The number of hydrogen-bond acceptors (Lipinski definition) is 1. The maximum atomic E-state index is 13.1. The lowest BCUT2D eigenvalue weighted by atomic mass is 10.1. The molecule has 5 heteroatoms. The molecular formula is C15H14ClFN2S. The van der Waals surface area contributed by atoms with Crippen molar-refractivity contribution in [3.63, 3.8) is 0 Å². The summed E-state index contributed by atoms with van der Waals surface area (Å²) in [6.07, 6.45) is 0. The molecule has 0 aromatic heterocycles. The van der Waals surface area contributed by atoms with Gasteiger partial charge >= 0.3 is 0 Å². The van der Waals surface area contributed by atoms with Crippen LogP contribution in [0.25, 0.3) is 0 Å². The van der Waals surface area contributed by atoms with Crippen molar-refractivity contribution in [1.29, 1.82) is 0 Å². The molecular weight excluding hydrogens is 295 g/mol. The van der Waals surface area contributed by atoms with Crippen molar-refractivity contribution in [2.75, 3.05) is 10.6 Å². The molecule has 104 valence electrons. The van der Waals surface area contributed by atoms with Crippen LogP contribution >= 0.6 is 23.8 Å². The fourth-order valence-electron chi connectivity index (χ4n) is 1.91. The first-order valence-electron chi connectivity index (χ1n) is 6.05. The highest BCUT2D eigenvalue weighted by Gasteiger charge is 2.03. The van der Waals surface area contributed by atoms with Crippen LogP contribution in [0.5, 0.6) is 0 Å². The number of anilines is 2. The predicted molar refractivity (Wildman–Crippen MR) is 87.2 cm³/mol. The van der Waals surface area contributed by atoms with Crippen molar-refractivity contribution in [1.82, 2.24) is 0 Å². The van der Waals surface area contributed by atoms with Gasteiger partial charge in [0, 0.05) is 11.4 Å². The average molecular weight is 309 g/mol. The van der Waals surface area contributed by atoms with E-state index in [4.69, 9.17) is 23.8 Å². The van der Waals surface area contributed by atoms with E-state index in [1.165, 1.54) is 12.1 Å². The van der Waals surface area contributed by atoms with Gasteiger partial charge in [0.1, 0.15) is 5.82 Å². The van der Waals surface area contributed by atoms with Gasteiger partial charge in [-0.15, -0.1) is 0 Å². The largest absolute Gasteiger partial charge is 0.332 e. The summed E-state index contributed by atoms with van der Waals surface area (Å²) in [7, 11) is 0. The van der Waals surface area contributed by atoms with Crippen molar-refractivity contribution in [2.24, 2.45) is 0 Å². The molecule has 2 N–H and O–H groups in total. The normalized spacial score (nSPS) is 10.2. The monoisotopic (exact) mass is 308 g/mol. The van der Waals surface area contributed by atoms with Crippen LogP contribution in [-0.4, -0.2) is 5.11 Å². The zero-order valence-corrected chi connectivity index (χ0v) is 12.7. The second-order valence-electron chi connectivity index (χ2n) is 4.58. The zero-order chi connectivity index (χ0) is 14.7. The van der Waals surface area contributed by atoms with E-state index in [0.29, 0.717) is 10.8 Å². The Morgan fingerprint density at radius 1 is 1.00 bits per heavy atom. The van der Waals surface area contributed by atoms with Crippen LogP contribution in [0.1, 0.15) is 11.1 Å². The van der Waals surface area contributed by atoms with Crippen molar-refractivity contribution < 1.29 is 4.39 Å². The van der Waals surface area contributed by atoms with Gasteiger partial charge in [-0.1, -0.05) is 17.7 Å². The molecule has 0 heterocycles. The molecule has 0 saturated heterocycles. The van der Waals surface area contributed by atoms with Crippen LogP contribution < -0.4 is 10.6 Å². The maximum absolute atomic E-state index is 13.1. The maximum Gasteiger partial charge on any atom is 0.175 e. The highest BCUT2D eigenvalue weighted by atomic mass is 35.5. The number of hydrogen-bond donors (Lipinski definition) is 2. The second-order valence-corrected chi connectivity index (χ2v) is 5.40. The summed E-state index contributed by atoms with van der Waals surface area (Å²) in [5, 5.41) is 6.54. The number of nitrogens with one attached hydrogen (secondary N) is 2. The van der Waals surface area contributed by atoms with Gasteiger partial charge in [0.15, 0.2) is 5.11 Å². The summed E-state index contributed by atoms with van der Waals surface area (Å²) in [4.78, 5) is 0. The van der Waals surface area contributed by atoms with Crippen LogP contribution in [0.15, 0.2) is 36.4 Å². The van der Waals surface area contributed by atoms with Gasteiger partial charge in [0.2, 0.25) is 0 Å². The number of halogens is 2. The molecule has 0 spiro atoms. The number of aryl methyl sites for hydroxylation is 2. The van der Waals surface area contributed by atoms with Crippen LogP contribution in [-0.2, 0) is 0 Å². The van der Waals surface area contributed by atoms with E-state index in [-0.39, 0.29) is 5.02 Å². The highest BCUT2D eigenvalue weighted by molar-refractivity contribution is 7.80. The fraction of sp³-hybridized carbons (Fsp3) is 0.133. The Labute approximate surface area is 128 Å². The Kier molecular flexibility index (Phi) is 4.57. The molecule has 0 saturated carbocycles. The lowest BCUT2D eigenvalue weighted by Gasteiger charge is -2.12. The third-order valence-electron chi connectivity index (χ3n) is 2.66. The van der Waals surface area contributed by atoms with Gasteiger partial charge in [0.25, 0.3) is 0 Å². The molecule has 0 aliphatic rings. The quantitative estimate of drug-likeness (QED) is 0.771. The standard InChI is InChI=1S/C15H14ClFN2S/c1-9-5-10(2)7-12(6-9)19-15(20)18-11-3-4-14(17)13(16)8-11/h3-8H,1-2H3,(H2,18,19,20). The van der Waals surface area contributed by atoms with E-state index in [0.717, 1.165) is 16.8 Å². The third kappa shape index (κ3) is 3.92. The molecule has 2 nitrogen and oxygen atoms in total. The average Bonchev–Trinajstić information content (AvgIpc) is 2.32. The minimum absolute atomic E-state index is 0.0594. The summed E-state index contributed by atoms with van der Waals surface area (Å²) in [5.74, 6) is -0.453. The van der Waals surface area contributed by atoms with E-state index in [1.807, 2.05) is 26.0 Å². The Morgan fingerprint density at radius 3 is 2.20 bits per heavy atom. The van der Waals surface area contributed by atoms with Crippen molar-refractivity contribution in [3.05, 3.63) is 58.4 Å². The van der Waals surface area contributed by atoms with E-state index in [2.05, 4.69) is 16.7 Å². The Bertz CT molecular complexity index is 638. The Morgan fingerprint density at radius 2 is 1.60 bits per heavy atom. The van der Waals surface area contributed by atoms with Gasteiger partial charge in [-0.25, -0.2) is 4.39 Å². The zero-order valence-electron chi connectivity index (χ0n) is 11.1. The first-order chi connectivity index (χ1) is 9.44. The summed E-state index contributed by atoms with van der Waals surface area (Å²) >= 11 is 10.9. The first kappa shape index (κ1) is 14.8. The molecule has 0 fully saturated rings. The van der Waals surface area contributed by atoms with E-state index < -0.39 is 5.82 Å². The summed E-state index contributed by atoms with van der Waals surface area (Å²) in [6.45, 7) is 4.04. The van der Waals surface area contributed by atoms with Gasteiger partial charge in [-0.3, -0.25) is 0 Å². The lowest BCUT2D eigenvalue weighted by molar-refractivity contribution is 0.628.